The Morgan fingerprint density at radius 2 is 1.94 bits per heavy atom. The molecule has 2 amide bonds. The lowest BCUT2D eigenvalue weighted by Gasteiger charge is -2.23. The van der Waals surface area contributed by atoms with Crippen LogP contribution in [0.4, 0.5) is 0 Å². The molecule has 0 saturated heterocycles. The molecule has 0 radical (unpaired) electrons. The zero-order valence-electron chi connectivity index (χ0n) is 9.32. The molecule has 0 aliphatic rings. The van der Waals surface area contributed by atoms with Crippen LogP contribution in [0.2, 0.25) is 0 Å². The fraction of sp³-hybridized carbons (Fsp3) is 0.667. The van der Waals surface area contributed by atoms with Crippen LogP contribution in [-0.4, -0.2) is 34.5 Å². The van der Waals surface area contributed by atoms with E-state index in [2.05, 4.69) is 5.32 Å². The summed E-state index contributed by atoms with van der Waals surface area (Å²) in [5.41, 5.74) is 9.32. The highest BCUT2D eigenvalue weighted by molar-refractivity contribution is 5.91. The van der Waals surface area contributed by atoms with Crippen molar-refractivity contribution in [3.63, 3.8) is 0 Å². The molecule has 0 heterocycles. The number of amides is 2. The van der Waals surface area contributed by atoms with E-state index < -0.39 is 35.8 Å². The fourth-order valence-electron chi connectivity index (χ4n) is 0.885. The number of nitrogens with one attached hydrogen (secondary N) is 1. The van der Waals surface area contributed by atoms with Gasteiger partial charge in [-0.3, -0.25) is 9.59 Å². The van der Waals surface area contributed by atoms with Gasteiger partial charge in [0.05, 0.1) is 12.0 Å². The molecule has 0 aliphatic heterocycles. The summed E-state index contributed by atoms with van der Waals surface area (Å²) in [6.07, 6.45) is -0.109. The van der Waals surface area contributed by atoms with Gasteiger partial charge in [-0.15, -0.1) is 0 Å². The van der Waals surface area contributed by atoms with Crippen molar-refractivity contribution in [2.75, 3.05) is 0 Å². The number of carbonyl (C=O) groups is 3. The van der Waals surface area contributed by atoms with Crippen LogP contribution >= 0.6 is 0 Å². The van der Waals surface area contributed by atoms with Gasteiger partial charge in [0, 0.05) is 0 Å². The van der Waals surface area contributed by atoms with Crippen molar-refractivity contribution in [2.24, 2.45) is 11.5 Å². The van der Waals surface area contributed by atoms with Crippen molar-refractivity contribution in [2.45, 2.75) is 38.3 Å². The summed E-state index contributed by atoms with van der Waals surface area (Å²) in [4.78, 5) is 32.9. The minimum absolute atomic E-state index is 0.349. The number of nitrogens with two attached hydrogens (primary N) is 2. The van der Waals surface area contributed by atoms with Crippen molar-refractivity contribution in [3.8, 4) is 0 Å². The van der Waals surface area contributed by atoms with E-state index in [0.717, 1.165) is 0 Å². The van der Waals surface area contributed by atoms with Gasteiger partial charge >= 0.3 is 5.97 Å². The number of carbonyl (C=O) groups excluding carboxylic acids is 2. The van der Waals surface area contributed by atoms with Crippen LogP contribution in [0.5, 0.6) is 0 Å². The predicted octanol–water partition coefficient (Wildman–Crippen LogP) is -1.44. The number of carboxylic acid groups (broad SMARTS) is 1. The first-order valence-corrected chi connectivity index (χ1v) is 4.81. The Morgan fingerprint density at radius 1 is 1.44 bits per heavy atom. The Morgan fingerprint density at radius 3 is 2.25 bits per heavy atom. The summed E-state index contributed by atoms with van der Waals surface area (Å²) < 4.78 is 0. The molecule has 0 saturated carbocycles. The molecule has 2 atom stereocenters. The Bertz CT molecular complexity index is 301. The Labute approximate surface area is 93.2 Å². The van der Waals surface area contributed by atoms with Gasteiger partial charge in [-0.05, 0) is 13.3 Å². The first-order valence-electron chi connectivity index (χ1n) is 4.81. The lowest BCUT2D eigenvalue weighted by molar-refractivity contribution is -0.144. The quantitative estimate of drug-likeness (QED) is 0.444. The number of primary amides is 1. The third-order valence-corrected chi connectivity index (χ3v) is 2.26. The summed E-state index contributed by atoms with van der Waals surface area (Å²) in [5, 5.41) is 10.9. The first kappa shape index (κ1) is 14.4. The van der Waals surface area contributed by atoms with Gasteiger partial charge in [-0.25, -0.2) is 4.79 Å². The molecule has 0 spiro atoms. The molecule has 0 fully saturated rings. The average molecular weight is 231 g/mol. The molecule has 0 bridgehead atoms. The highest BCUT2D eigenvalue weighted by Crippen LogP contribution is 2.05. The molecule has 0 aromatic carbocycles. The van der Waals surface area contributed by atoms with Gasteiger partial charge in [-0.1, -0.05) is 6.92 Å². The second-order valence-electron chi connectivity index (χ2n) is 3.81. The van der Waals surface area contributed by atoms with Gasteiger partial charge < -0.3 is 21.9 Å². The van der Waals surface area contributed by atoms with Crippen molar-refractivity contribution >= 4 is 17.8 Å². The maximum atomic E-state index is 11.5. The summed E-state index contributed by atoms with van der Waals surface area (Å²) in [6, 6.07) is -1.33. The average Bonchev–Trinajstić information content (AvgIpc) is 2.15. The lowest BCUT2D eigenvalue weighted by Crippen LogP contribution is -2.56. The highest BCUT2D eigenvalue weighted by atomic mass is 16.4. The lowest BCUT2D eigenvalue weighted by atomic mass is 9.98. The Hall–Kier alpha value is -1.63. The van der Waals surface area contributed by atoms with E-state index in [0.29, 0.717) is 6.42 Å². The second kappa shape index (κ2) is 5.45. The van der Waals surface area contributed by atoms with Crippen molar-refractivity contribution in [1.82, 2.24) is 5.32 Å². The Balaban J connectivity index is 4.58. The highest BCUT2D eigenvalue weighted by Gasteiger charge is 2.30. The molecule has 0 aromatic rings. The van der Waals surface area contributed by atoms with Crippen molar-refractivity contribution in [3.05, 3.63) is 0 Å². The largest absolute Gasteiger partial charge is 0.480 e. The summed E-state index contributed by atoms with van der Waals surface area (Å²) in [7, 11) is 0. The molecule has 0 aromatic heterocycles. The molecule has 7 nitrogen and oxygen atoms in total. The van der Waals surface area contributed by atoms with Crippen molar-refractivity contribution < 1.29 is 19.5 Å². The number of rotatable bonds is 6. The second-order valence-corrected chi connectivity index (χ2v) is 3.81. The zero-order valence-corrected chi connectivity index (χ0v) is 9.32. The van der Waals surface area contributed by atoms with E-state index >= 15 is 0 Å². The minimum atomic E-state index is -1.33. The molecule has 92 valence electrons. The zero-order chi connectivity index (χ0) is 12.9. The number of hydrogen-bond donors (Lipinski definition) is 4. The van der Waals surface area contributed by atoms with Gasteiger partial charge in [0.15, 0.2) is 0 Å². The van der Waals surface area contributed by atoms with Gasteiger partial charge in [0.1, 0.15) is 6.04 Å². The third-order valence-electron chi connectivity index (χ3n) is 2.26. The summed E-state index contributed by atoms with van der Waals surface area (Å²) in [6.45, 7) is 3.18. The smallest absolute Gasteiger partial charge is 0.326 e. The first-order chi connectivity index (χ1) is 7.20. The normalized spacial score (nSPS) is 15.9. The Kier molecular flexibility index (Phi) is 4.90. The van der Waals surface area contributed by atoms with Crippen LogP contribution in [-0.2, 0) is 14.4 Å². The fourth-order valence-corrected chi connectivity index (χ4v) is 0.885. The molecule has 2 unspecified atom stereocenters. The molecule has 16 heavy (non-hydrogen) atoms. The third kappa shape index (κ3) is 4.26. The van der Waals surface area contributed by atoms with Crippen LogP contribution in [0, 0.1) is 0 Å². The van der Waals surface area contributed by atoms with Crippen LogP contribution in [0.3, 0.4) is 0 Å². The maximum absolute atomic E-state index is 11.5. The number of carboxylic acids is 1. The number of aliphatic carboxylic acids is 1. The molecule has 0 aliphatic carbocycles. The molecule has 0 rings (SSSR count). The monoisotopic (exact) mass is 231 g/mol. The van der Waals surface area contributed by atoms with Crippen LogP contribution < -0.4 is 16.8 Å². The van der Waals surface area contributed by atoms with Crippen LogP contribution in [0.25, 0.3) is 0 Å². The molecule has 7 heteroatoms. The summed E-state index contributed by atoms with van der Waals surface area (Å²) in [5.74, 6) is -2.74. The molecular weight excluding hydrogens is 214 g/mol. The minimum Gasteiger partial charge on any atom is -0.480 e. The van der Waals surface area contributed by atoms with E-state index in [-0.39, 0.29) is 0 Å². The van der Waals surface area contributed by atoms with E-state index in [1.54, 1.807) is 6.92 Å². The SMILES string of the molecule is CCC(C)(N)C(=O)NC(CC(N)=O)C(=O)O. The maximum Gasteiger partial charge on any atom is 0.326 e. The van der Waals surface area contributed by atoms with E-state index in [1.165, 1.54) is 6.92 Å². The van der Waals surface area contributed by atoms with Crippen molar-refractivity contribution in [1.29, 1.82) is 0 Å². The topological polar surface area (TPSA) is 136 Å². The summed E-state index contributed by atoms with van der Waals surface area (Å²) >= 11 is 0. The van der Waals surface area contributed by atoms with Gasteiger partial charge in [0.2, 0.25) is 11.8 Å². The van der Waals surface area contributed by atoms with E-state index in [4.69, 9.17) is 16.6 Å². The standard InChI is InChI=1S/C9H17N3O4/c1-3-9(2,11)8(16)12-5(7(14)15)4-6(10)13/h5H,3-4,11H2,1-2H3,(H2,10,13)(H,12,16)(H,14,15). The number of hydrogen-bond acceptors (Lipinski definition) is 4. The van der Waals surface area contributed by atoms with Gasteiger partial charge in [-0.2, -0.15) is 0 Å². The predicted molar refractivity (Wildman–Crippen MR) is 56.3 cm³/mol. The van der Waals surface area contributed by atoms with Gasteiger partial charge in [0.25, 0.3) is 0 Å². The van der Waals surface area contributed by atoms with E-state index in [9.17, 15) is 14.4 Å². The molecule has 6 N–H and O–H groups in total. The van der Waals surface area contributed by atoms with Crippen LogP contribution in [0.15, 0.2) is 0 Å². The van der Waals surface area contributed by atoms with Crippen LogP contribution in [0.1, 0.15) is 26.7 Å². The molecular formula is C9H17N3O4. The van der Waals surface area contributed by atoms with E-state index in [1.807, 2.05) is 0 Å².